The van der Waals surface area contributed by atoms with Crippen LogP contribution in [-0.4, -0.2) is 55.3 Å². The number of aliphatic carboxylic acids is 1. The van der Waals surface area contributed by atoms with Gasteiger partial charge in [0.15, 0.2) is 6.04 Å². The van der Waals surface area contributed by atoms with Crippen LogP contribution in [0.3, 0.4) is 0 Å². The Morgan fingerprint density at radius 2 is 1.62 bits per heavy atom. The molecule has 0 aliphatic heterocycles. The number of hydrogen-bond donors (Lipinski definition) is 1. The van der Waals surface area contributed by atoms with Gasteiger partial charge in [-0.15, -0.1) is 0 Å². The highest BCUT2D eigenvalue weighted by atomic mass is 16.5. The molecule has 0 aromatic carbocycles. The van der Waals surface area contributed by atoms with E-state index in [1.807, 2.05) is 21.1 Å². The van der Waals surface area contributed by atoms with E-state index in [9.17, 15) is 14.7 Å². The molecule has 0 aromatic heterocycles. The summed E-state index contributed by atoms with van der Waals surface area (Å²) in [5, 5.41) is 9.21. The summed E-state index contributed by atoms with van der Waals surface area (Å²) in [4.78, 5) is 22.3. The van der Waals surface area contributed by atoms with Gasteiger partial charge in [0.1, 0.15) is 0 Å². The maximum absolute atomic E-state index is 11.2. The highest BCUT2D eigenvalue weighted by Gasteiger charge is 2.30. The Morgan fingerprint density at radius 1 is 1.10 bits per heavy atom. The third-order valence-corrected chi connectivity index (χ3v) is 3.42. The van der Waals surface area contributed by atoms with Crippen molar-refractivity contribution in [1.82, 2.24) is 0 Å². The Hall–Kier alpha value is -1.36. The van der Waals surface area contributed by atoms with Gasteiger partial charge in [0.2, 0.25) is 0 Å². The second-order valence-corrected chi connectivity index (χ2v) is 6.44. The number of quaternary nitrogens is 1. The smallest absolute Gasteiger partial charge is 0.362 e. The summed E-state index contributed by atoms with van der Waals surface area (Å²) >= 11 is 0. The number of carboxylic acids is 1. The lowest BCUT2D eigenvalue weighted by molar-refractivity contribution is -0.887. The minimum Gasteiger partial charge on any atom is -0.477 e. The molecule has 5 nitrogen and oxygen atoms in total. The Bertz CT molecular complexity index is 358. The van der Waals surface area contributed by atoms with Crippen LogP contribution in [0.25, 0.3) is 0 Å². The number of carbonyl (C=O) groups excluding carboxylic acids is 1. The van der Waals surface area contributed by atoms with E-state index >= 15 is 0 Å². The number of ether oxygens (including phenoxy) is 1. The van der Waals surface area contributed by atoms with Crippen molar-refractivity contribution in [3.63, 3.8) is 0 Å². The monoisotopic (exact) mass is 300 g/mol. The Morgan fingerprint density at radius 3 is 2.10 bits per heavy atom. The van der Waals surface area contributed by atoms with Gasteiger partial charge in [-0.1, -0.05) is 25.8 Å². The predicted octanol–water partition coefficient (Wildman–Crippen LogP) is 2.61. The Kier molecular flexibility index (Phi) is 8.93. The normalized spacial score (nSPS) is 12.8. The number of esters is 1. The molecule has 0 saturated heterocycles. The van der Waals surface area contributed by atoms with Gasteiger partial charge in [0.05, 0.1) is 27.7 Å². The van der Waals surface area contributed by atoms with E-state index < -0.39 is 5.97 Å². The van der Waals surface area contributed by atoms with Gasteiger partial charge < -0.3 is 14.3 Å². The average Bonchev–Trinajstić information content (AvgIpc) is 2.34. The van der Waals surface area contributed by atoms with Gasteiger partial charge in [0, 0.05) is 12.0 Å². The molecule has 0 rings (SSSR count). The van der Waals surface area contributed by atoms with Crippen LogP contribution in [0.2, 0.25) is 0 Å². The first-order valence-corrected chi connectivity index (χ1v) is 7.52. The lowest BCUT2D eigenvalue weighted by atomic mass is 10.0. The van der Waals surface area contributed by atoms with Crippen molar-refractivity contribution in [1.29, 1.82) is 0 Å². The Balaban J connectivity index is 3.66. The van der Waals surface area contributed by atoms with Crippen molar-refractivity contribution in [3.8, 4) is 0 Å². The zero-order chi connectivity index (χ0) is 16.5. The number of unbranched alkanes of at least 4 members (excludes halogenated alkanes) is 4. The summed E-state index contributed by atoms with van der Waals surface area (Å²) in [6.45, 7) is 5.59. The molecule has 0 saturated carbocycles. The number of carboxylic acid groups (broad SMARTS) is 1. The summed E-state index contributed by atoms with van der Waals surface area (Å²) < 4.78 is 5.46. The van der Waals surface area contributed by atoms with Crippen LogP contribution >= 0.6 is 0 Å². The van der Waals surface area contributed by atoms with Crippen molar-refractivity contribution in [2.24, 2.45) is 0 Å². The zero-order valence-corrected chi connectivity index (χ0v) is 13.9. The minimum absolute atomic E-state index is 0.331. The second kappa shape index (κ2) is 9.55. The fourth-order valence-electron chi connectivity index (χ4n) is 2.10. The molecule has 1 unspecified atom stereocenters. The van der Waals surface area contributed by atoms with E-state index in [0.717, 1.165) is 32.1 Å². The third kappa shape index (κ3) is 9.24. The number of rotatable bonds is 11. The standard InChI is InChI=1S/C16H29NO4/c1-13(2)16(20)21-12-10-8-6-7-9-11-14(15(18)19)17(3,4)5/h14H,1,6-12H2,2-5H3/p+1. The van der Waals surface area contributed by atoms with Crippen molar-refractivity contribution in [3.05, 3.63) is 12.2 Å². The van der Waals surface area contributed by atoms with E-state index in [0.29, 0.717) is 23.1 Å². The van der Waals surface area contributed by atoms with E-state index in [4.69, 9.17) is 4.74 Å². The lowest BCUT2D eigenvalue weighted by Gasteiger charge is -2.31. The number of nitrogens with zero attached hydrogens (tertiary/aromatic N) is 1. The maximum Gasteiger partial charge on any atom is 0.362 e. The van der Waals surface area contributed by atoms with Crippen molar-refractivity contribution < 1.29 is 23.9 Å². The van der Waals surface area contributed by atoms with E-state index in [1.54, 1.807) is 6.92 Å². The Labute approximate surface area is 128 Å². The van der Waals surface area contributed by atoms with Gasteiger partial charge in [-0.25, -0.2) is 9.59 Å². The van der Waals surface area contributed by atoms with Crippen molar-refractivity contribution in [2.45, 2.75) is 51.5 Å². The first-order chi connectivity index (χ1) is 9.66. The lowest BCUT2D eigenvalue weighted by Crippen LogP contribution is -2.49. The topological polar surface area (TPSA) is 63.6 Å². The van der Waals surface area contributed by atoms with Crippen LogP contribution in [0, 0.1) is 0 Å². The molecule has 0 bridgehead atoms. The molecule has 122 valence electrons. The van der Waals surface area contributed by atoms with E-state index in [-0.39, 0.29) is 12.0 Å². The van der Waals surface area contributed by atoms with Gasteiger partial charge in [0.25, 0.3) is 0 Å². The first-order valence-electron chi connectivity index (χ1n) is 7.52. The molecule has 1 N–H and O–H groups in total. The van der Waals surface area contributed by atoms with Crippen LogP contribution in [0.5, 0.6) is 0 Å². The van der Waals surface area contributed by atoms with Crippen molar-refractivity contribution >= 4 is 11.9 Å². The molecule has 5 heteroatoms. The van der Waals surface area contributed by atoms with Gasteiger partial charge in [-0.2, -0.15) is 0 Å². The predicted molar refractivity (Wildman–Crippen MR) is 82.9 cm³/mol. The third-order valence-electron chi connectivity index (χ3n) is 3.42. The summed E-state index contributed by atoms with van der Waals surface area (Å²) in [7, 11) is 5.73. The number of carbonyl (C=O) groups is 2. The van der Waals surface area contributed by atoms with Crippen LogP contribution in [0.4, 0.5) is 0 Å². The molecular formula is C16H30NO4+. The first kappa shape index (κ1) is 19.6. The molecule has 0 aromatic rings. The summed E-state index contributed by atoms with van der Waals surface area (Å²) in [5.41, 5.74) is 0.426. The average molecular weight is 300 g/mol. The summed E-state index contributed by atoms with van der Waals surface area (Å²) in [5.74, 6) is -1.06. The largest absolute Gasteiger partial charge is 0.477 e. The fourth-order valence-corrected chi connectivity index (χ4v) is 2.10. The summed E-state index contributed by atoms with van der Waals surface area (Å²) in [6.07, 6.45) is 5.50. The summed E-state index contributed by atoms with van der Waals surface area (Å²) in [6, 6.07) is -0.346. The molecule has 0 heterocycles. The molecule has 1 atom stereocenters. The molecular weight excluding hydrogens is 270 g/mol. The SMILES string of the molecule is C=C(C)C(=O)OCCCCCCCC(C(=O)O)[N+](C)(C)C. The number of hydrogen-bond acceptors (Lipinski definition) is 3. The van der Waals surface area contributed by atoms with Crippen molar-refractivity contribution in [2.75, 3.05) is 27.7 Å². The molecule has 21 heavy (non-hydrogen) atoms. The van der Waals surface area contributed by atoms with Crippen LogP contribution in [0.15, 0.2) is 12.2 Å². The molecule has 0 spiro atoms. The minimum atomic E-state index is -0.728. The maximum atomic E-state index is 11.2. The number of likely N-dealkylation sites (N-methyl/N-ethyl adjacent to an activating group) is 1. The van der Waals surface area contributed by atoms with E-state index in [2.05, 4.69) is 6.58 Å². The molecule has 0 radical (unpaired) electrons. The fraction of sp³-hybridized carbons (Fsp3) is 0.750. The molecule has 0 aliphatic rings. The van der Waals surface area contributed by atoms with Gasteiger partial charge >= 0.3 is 11.9 Å². The molecule has 0 amide bonds. The molecule has 0 fully saturated rings. The zero-order valence-electron chi connectivity index (χ0n) is 13.9. The highest BCUT2D eigenvalue weighted by Crippen LogP contribution is 2.14. The highest BCUT2D eigenvalue weighted by molar-refractivity contribution is 5.86. The van der Waals surface area contributed by atoms with Crippen LogP contribution < -0.4 is 0 Å². The van der Waals surface area contributed by atoms with Crippen LogP contribution in [-0.2, 0) is 14.3 Å². The quantitative estimate of drug-likeness (QED) is 0.276. The van der Waals surface area contributed by atoms with E-state index in [1.165, 1.54) is 0 Å². The van der Waals surface area contributed by atoms with Gasteiger partial charge in [-0.05, 0) is 19.8 Å². The second-order valence-electron chi connectivity index (χ2n) is 6.44. The van der Waals surface area contributed by atoms with Crippen LogP contribution in [0.1, 0.15) is 45.4 Å². The molecule has 0 aliphatic carbocycles. The van der Waals surface area contributed by atoms with Gasteiger partial charge in [-0.3, -0.25) is 0 Å².